The third-order valence-electron chi connectivity index (χ3n) is 3.16. The fraction of sp³-hybridized carbons (Fsp3) is 0.294. The van der Waals surface area contributed by atoms with Crippen LogP contribution in [0.15, 0.2) is 47.6 Å². The largest absolute Gasteiger partial charge is 0.357 e. The molecule has 0 saturated heterocycles. The van der Waals surface area contributed by atoms with Gasteiger partial charge in [-0.2, -0.15) is 0 Å². The molecule has 0 saturated carbocycles. The average molecular weight is 318 g/mol. The van der Waals surface area contributed by atoms with Gasteiger partial charge < -0.3 is 10.6 Å². The number of nitrogens with one attached hydrogen (secondary N) is 2. The average Bonchev–Trinajstić information content (AvgIpc) is 2.56. The molecule has 122 valence electrons. The molecule has 1 aromatic heterocycles. The van der Waals surface area contributed by atoms with E-state index in [1.165, 1.54) is 6.07 Å². The Balaban J connectivity index is 1.90. The predicted octanol–water partition coefficient (Wildman–Crippen LogP) is 2.66. The number of hydrogen-bond acceptors (Lipinski definition) is 2. The summed E-state index contributed by atoms with van der Waals surface area (Å²) < 4.78 is 26.7. The van der Waals surface area contributed by atoms with Crippen molar-refractivity contribution in [3.8, 4) is 0 Å². The minimum Gasteiger partial charge on any atom is -0.357 e. The summed E-state index contributed by atoms with van der Waals surface area (Å²) in [6, 6.07) is 9.13. The van der Waals surface area contributed by atoms with Crippen LogP contribution >= 0.6 is 0 Å². The van der Waals surface area contributed by atoms with Gasteiger partial charge in [0.05, 0.1) is 12.2 Å². The first-order chi connectivity index (χ1) is 11.2. The Bertz CT molecular complexity index is 644. The third-order valence-corrected chi connectivity index (χ3v) is 3.16. The topological polar surface area (TPSA) is 49.3 Å². The number of nitrogens with zero attached hydrogens (tertiary/aromatic N) is 2. The number of rotatable bonds is 6. The summed E-state index contributed by atoms with van der Waals surface area (Å²) in [5, 5.41) is 6.22. The van der Waals surface area contributed by atoms with Crippen molar-refractivity contribution in [2.75, 3.05) is 13.1 Å². The van der Waals surface area contributed by atoms with Crippen LogP contribution in [0.25, 0.3) is 0 Å². The number of pyridine rings is 1. The molecular formula is C17H20F2N4. The van der Waals surface area contributed by atoms with Crippen LogP contribution in [0.1, 0.15) is 18.2 Å². The standard InChI is InChI=1S/C17H20F2N4/c1-2-20-17(23-12-15-5-3-4-9-21-15)22-10-8-13-11-14(18)6-7-16(13)19/h3-7,9,11H,2,8,10,12H2,1H3,(H2,20,22,23). The quantitative estimate of drug-likeness (QED) is 0.636. The van der Waals surface area contributed by atoms with Crippen LogP contribution < -0.4 is 10.6 Å². The van der Waals surface area contributed by atoms with Gasteiger partial charge in [-0.05, 0) is 49.2 Å². The number of halogens is 2. The Kier molecular flexibility index (Phi) is 6.47. The lowest BCUT2D eigenvalue weighted by Gasteiger charge is -2.11. The lowest BCUT2D eigenvalue weighted by atomic mass is 10.1. The molecule has 0 bridgehead atoms. The smallest absolute Gasteiger partial charge is 0.191 e. The van der Waals surface area contributed by atoms with Crippen molar-refractivity contribution < 1.29 is 8.78 Å². The number of aliphatic imine (C=N–C) groups is 1. The van der Waals surface area contributed by atoms with Crippen molar-refractivity contribution >= 4 is 5.96 Å². The maximum Gasteiger partial charge on any atom is 0.191 e. The zero-order chi connectivity index (χ0) is 16.5. The summed E-state index contributed by atoms with van der Waals surface area (Å²) >= 11 is 0. The Labute approximate surface area is 134 Å². The van der Waals surface area contributed by atoms with Gasteiger partial charge in [-0.3, -0.25) is 4.98 Å². The molecule has 1 heterocycles. The van der Waals surface area contributed by atoms with Crippen molar-refractivity contribution in [1.82, 2.24) is 15.6 Å². The SMILES string of the molecule is CCNC(=NCc1ccccn1)NCCc1cc(F)ccc1F. The van der Waals surface area contributed by atoms with E-state index in [2.05, 4.69) is 20.6 Å². The van der Waals surface area contributed by atoms with Gasteiger partial charge >= 0.3 is 0 Å². The van der Waals surface area contributed by atoms with Crippen molar-refractivity contribution in [1.29, 1.82) is 0 Å². The molecule has 2 aromatic rings. The van der Waals surface area contributed by atoms with Crippen molar-refractivity contribution in [3.05, 3.63) is 65.5 Å². The lowest BCUT2D eigenvalue weighted by Crippen LogP contribution is -2.38. The third kappa shape index (κ3) is 5.65. The normalized spacial score (nSPS) is 11.3. The summed E-state index contributed by atoms with van der Waals surface area (Å²) in [6.45, 7) is 3.57. The Hall–Kier alpha value is -2.50. The minimum absolute atomic E-state index is 0.345. The van der Waals surface area contributed by atoms with Crippen LogP contribution in [0, 0.1) is 11.6 Å². The highest BCUT2D eigenvalue weighted by molar-refractivity contribution is 5.79. The zero-order valence-corrected chi connectivity index (χ0v) is 13.0. The fourth-order valence-electron chi connectivity index (χ4n) is 2.04. The molecule has 0 aliphatic carbocycles. The molecule has 6 heteroatoms. The van der Waals surface area contributed by atoms with Gasteiger partial charge in [0.15, 0.2) is 5.96 Å². The van der Waals surface area contributed by atoms with Gasteiger partial charge in [0.25, 0.3) is 0 Å². The molecule has 0 unspecified atom stereocenters. The summed E-state index contributed by atoms with van der Waals surface area (Å²) in [5.74, 6) is -0.212. The van der Waals surface area contributed by atoms with Crippen molar-refractivity contribution in [3.63, 3.8) is 0 Å². The molecule has 0 spiro atoms. The van der Waals surface area contributed by atoms with E-state index in [-0.39, 0.29) is 0 Å². The monoisotopic (exact) mass is 318 g/mol. The molecular weight excluding hydrogens is 298 g/mol. The van der Waals surface area contributed by atoms with Gasteiger partial charge in [-0.1, -0.05) is 6.07 Å². The fourth-order valence-corrected chi connectivity index (χ4v) is 2.04. The minimum atomic E-state index is -0.433. The second-order valence-corrected chi connectivity index (χ2v) is 4.93. The van der Waals surface area contributed by atoms with Gasteiger partial charge in [-0.25, -0.2) is 13.8 Å². The summed E-state index contributed by atoms with van der Waals surface area (Å²) in [4.78, 5) is 8.63. The number of benzene rings is 1. The summed E-state index contributed by atoms with van der Waals surface area (Å²) in [7, 11) is 0. The first-order valence-corrected chi connectivity index (χ1v) is 7.55. The first kappa shape index (κ1) is 16.9. The van der Waals surface area contributed by atoms with E-state index >= 15 is 0 Å². The Morgan fingerprint density at radius 1 is 1.17 bits per heavy atom. The number of hydrogen-bond donors (Lipinski definition) is 2. The molecule has 0 radical (unpaired) electrons. The molecule has 0 aliphatic heterocycles. The van der Waals surface area contributed by atoms with E-state index in [0.717, 1.165) is 17.8 Å². The van der Waals surface area contributed by atoms with Gasteiger partial charge in [0.2, 0.25) is 0 Å². The molecule has 0 fully saturated rings. The molecule has 4 nitrogen and oxygen atoms in total. The van der Waals surface area contributed by atoms with Crippen molar-refractivity contribution in [2.24, 2.45) is 4.99 Å². The summed E-state index contributed by atoms with van der Waals surface area (Å²) in [6.07, 6.45) is 2.09. The number of aromatic nitrogens is 1. The maximum absolute atomic E-state index is 13.6. The van der Waals surface area contributed by atoms with Crippen LogP contribution in [0.5, 0.6) is 0 Å². The second kappa shape index (κ2) is 8.82. The van der Waals surface area contributed by atoms with Crippen LogP contribution in [-0.4, -0.2) is 24.0 Å². The van der Waals surface area contributed by atoms with Crippen LogP contribution in [0.2, 0.25) is 0 Å². The van der Waals surface area contributed by atoms with E-state index in [4.69, 9.17) is 0 Å². The molecule has 0 atom stereocenters. The Morgan fingerprint density at radius 2 is 2.04 bits per heavy atom. The second-order valence-electron chi connectivity index (χ2n) is 4.93. The first-order valence-electron chi connectivity index (χ1n) is 7.55. The van der Waals surface area contributed by atoms with Gasteiger partial charge in [-0.15, -0.1) is 0 Å². The van der Waals surface area contributed by atoms with Crippen molar-refractivity contribution in [2.45, 2.75) is 19.9 Å². The van der Waals surface area contributed by atoms with E-state index in [0.29, 0.717) is 37.6 Å². The molecule has 23 heavy (non-hydrogen) atoms. The van der Waals surface area contributed by atoms with Crippen LogP contribution in [0.4, 0.5) is 8.78 Å². The van der Waals surface area contributed by atoms with Crippen LogP contribution in [0.3, 0.4) is 0 Å². The van der Waals surface area contributed by atoms with E-state index in [1.807, 2.05) is 25.1 Å². The highest BCUT2D eigenvalue weighted by Crippen LogP contribution is 2.09. The van der Waals surface area contributed by atoms with E-state index in [9.17, 15) is 8.78 Å². The van der Waals surface area contributed by atoms with Crippen LogP contribution in [-0.2, 0) is 13.0 Å². The highest BCUT2D eigenvalue weighted by atomic mass is 19.1. The predicted molar refractivity (Wildman–Crippen MR) is 87.1 cm³/mol. The maximum atomic E-state index is 13.6. The van der Waals surface area contributed by atoms with Gasteiger partial charge in [0.1, 0.15) is 11.6 Å². The molecule has 2 N–H and O–H groups in total. The zero-order valence-electron chi connectivity index (χ0n) is 13.0. The summed E-state index contributed by atoms with van der Waals surface area (Å²) in [5.41, 5.74) is 1.21. The number of guanidine groups is 1. The molecule has 2 rings (SSSR count). The Morgan fingerprint density at radius 3 is 2.78 bits per heavy atom. The highest BCUT2D eigenvalue weighted by Gasteiger charge is 2.04. The molecule has 0 amide bonds. The lowest BCUT2D eigenvalue weighted by molar-refractivity contribution is 0.583. The van der Waals surface area contributed by atoms with E-state index in [1.54, 1.807) is 6.20 Å². The molecule has 0 aliphatic rings. The molecule has 1 aromatic carbocycles. The van der Waals surface area contributed by atoms with Gasteiger partial charge in [0, 0.05) is 19.3 Å². The van der Waals surface area contributed by atoms with E-state index < -0.39 is 11.6 Å².